The molecule has 2 atom stereocenters. The number of aliphatic imine (C=N–C) groups is 1. The van der Waals surface area contributed by atoms with Crippen LogP contribution in [0.2, 0.25) is 0 Å². The second kappa shape index (κ2) is 11.5. The first-order valence-electron chi connectivity index (χ1n) is 15.3. The van der Waals surface area contributed by atoms with Gasteiger partial charge in [-0.25, -0.2) is 9.50 Å². The second-order valence-electron chi connectivity index (χ2n) is 11.6. The molecular formula is C36H33N7O2. The molecule has 0 radical (unpaired) electrons. The van der Waals surface area contributed by atoms with Crippen LogP contribution in [0.25, 0.3) is 22.1 Å². The molecule has 1 aliphatic heterocycles. The highest BCUT2D eigenvalue weighted by Crippen LogP contribution is 2.36. The molecule has 2 N–H and O–H groups in total. The summed E-state index contributed by atoms with van der Waals surface area (Å²) in [5, 5.41) is 12.2. The zero-order valence-corrected chi connectivity index (χ0v) is 25.5. The van der Waals surface area contributed by atoms with Gasteiger partial charge in [0.1, 0.15) is 5.56 Å². The van der Waals surface area contributed by atoms with Crippen LogP contribution >= 0.6 is 0 Å². The molecule has 1 amide bonds. The molecule has 224 valence electrons. The lowest BCUT2D eigenvalue weighted by atomic mass is 9.97. The number of rotatable bonds is 5. The van der Waals surface area contributed by atoms with Crippen molar-refractivity contribution in [3.8, 4) is 17.5 Å². The molecule has 0 saturated heterocycles. The predicted molar refractivity (Wildman–Crippen MR) is 177 cm³/mol. The number of aromatic nitrogens is 4. The summed E-state index contributed by atoms with van der Waals surface area (Å²) in [7, 11) is 1.72. The van der Waals surface area contributed by atoms with Crippen molar-refractivity contribution in [1.29, 1.82) is 0 Å². The summed E-state index contributed by atoms with van der Waals surface area (Å²) >= 11 is 0. The van der Waals surface area contributed by atoms with E-state index in [1.807, 2.05) is 49.5 Å². The number of anilines is 1. The van der Waals surface area contributed by atoms with Crippen LogP contribution in [0.1, 0.15) is 59.1 Å². The molecule has 1 aliphatic carbocycles. The van der Waals surface area contributed by atoms with Crippen molar-refractivity contribution in [1.82, 2.24) is 24.5 Å². The first-order valence-corrected chi connectivity index (χ1v) is 15.3. The molecular weight excluding hydrogens is 562 g/mol. The van der Waals surface area contributed by atoms with E-state index in [0.29, 0.717) is 33.9 Å². The minimum atomic E-state index is -0.511. The number of pyridine rings is 1. The Hall–Kier alpha value is -5.49. The van der Waals surface area contributed by atoms with Crippen molar-refractivity contribution in [2.24, 2.45) is 10.9 Å². The lowest BCUT2D eigenvalue weighted by Gasteiger charge is -2.24. The van der Waals surface area contributed by atoms with Crippen LogP contribution in [-0.4, -0.2) is 44.9 Å². The molecule has 45 heavy (non-hydrogen) atoms. The van der Waals surface area contributed by atoms with Gasteiger partial charge in [-0.3, -0.25) is 19.1 Å². The minimum Gasteiger partial charge on any atom is -0.371 e. The Bertz CT molecular complexity index is 2160. The number of benzene rings is 2. The van der Waals surface area contributed by atoms with Gasteiger partial charge in [0.05, 0.1) is 17.1 Å². The van der Waals surface area contributed by atoms with Gasteiger partial charge in [-0.15, -0.1) is 5.10 Å². The monoisotopic (exact) mass is 595 g/mol. The highest BCUT2D eigenvalue weighted by Gasteiger charge is 2.30. The fraction of sp³-hybridized carbons (Fsp3) is 0.250. The fourth-order valence-corrected chi connectivity index (χ4v) is 6.51. The number of carbonyl (C=O) groups excluding carboxylic acids is 1. The molecule has 2 aromatic carbocycles. The van der Waals surface area contributed by atoms with E-state index in [1.54, 1.807) is 34.6 Å². The van der Waals surface area contributed by atoms with Gasteiger partial charge >= 0.3 is 0 Å². The Morgan fingerprint density at radius 1 is 1.07 bits per heavy atom. The van der Waals surface area contributed by atoms with Crippen LogP contribution in [0.15, 0.2) is 82.4 Å². The molecule has 0 saturated carbocycles. The molecule has 4 heterocycles. The number of amides is 1. The quantitative estimate of drug-likeness (QED) is 0.277. The van der Waals surface area contributed by atoms with Crippen molar-refractivity contribution in [2.45, 2.75) is 39.2 Å². The van der Waals surface area contributed by atoms with Gasteiger partial charge in [0.25, 0.3) is 11.5 Å². The highest BCUT2D eigenvalue weighted by atomic mass is 16.2. The Morgan fingerprint density at radius 2 is 1.91 bits per heavy atom. The van der Waals surface area contributed by atoms with Crippen LogP contribution in [-0.2, 0) is 12.8 Å². The number of hydrogen-bond donors (Lipinski definition) is 2. The lowest BCUT2D eigenvalue weighted by molar-refractivity contribution is 0.0941. The van der Waals surface area contributed by atoms with Gasteiger partial charge in [0.15, 0.2) is 11.5 Å². The number of hydrogen-bond acceptors (Lipinski definition) is 6. The average Bonchev–Trinajstić information content (AvgIpc) is 3.58. The Balaban J connectivity index is 1.40. The zero-order valence-electron chi connectivity index (χ0n) is 25.5. The molecule has 3 aromatic heterocycles. The summed E-state index contributed by atoms with van der Waals surface area (Å²) < 4.78 is 3.33. The van der Waals surface area contributed by atoms with Crippen LogP contribution in [0.3, 0.4) is 0 Å². The molecule has 0 fully saturated rings. The highest BCUT2D eigenvalue weighted by molar-refractivity contribution is 6.05. The van der Waals surface area contributed by atoms with Gasteiger partial charge in [0, 0.05) is 49.0 Å². The van der Waals surface area contributed by atoms with E-state index in [0.717, 1.165) is 59.3 Å². The van der Waals surface area contributed by atoms with Crippen LogP contribution < -0.4 is 16.2 Å². The lowest BCUT2D eigenvalue weighted by Crippen LogP contribution is -2.33. The van der Waals surface area contributed by atoms with Gasteiger partial charge in [-0.05, 0) is 72.9 Å². The summed E-state index contributed by atoms with van der Waals surface area (Å²) in [4.78, 5) is 37.4. The second-order valence-corrected chi connectivity index (χ2v) is 11.6. The van der Waals surface area contributed by atoms with Crippen molar-refractivity contribution in [3.05, 3.63) is 111 Å². The molecule has 7 rings (SSSR count). The molecule has 9 nitrogen and oxygen atoms in total. The van der Waals surface area contributed by atoms with E-state index in [4.69, 9.17) is 0 Å². The van der Waals surface area contributed by atoms with Crippen LogP contribution in [0.4, 0.5) is 5.82 Å². The Morgan fingerprint density at radius 3 is 2.73 bits per heavy atom. The number of para-hydroxylation sites is 1. The van der Waals surface area contributed by atoms with E-state index < -0.39 is 6.04 Å². The summed E-state index contributed by atoms with van der Waals surface area (Å²) in [5.41, 5.74) is 5.86. The number of nitrogens with one attached hydrogen (secondary N) is 2. The maximum atomic E-state index is 14.7. The van der Waals surface area contributed by atoms with Gasteiger partial charge in [-0.2, -0.15) is 0 Å². The van der Waals surface area contributed by atoms with Crippen molar-refractivity contribution in [2.75, 3.05) is 18.9 Å². The van der Waals surface area contributed by atoms with Crippen molar-refractivity contribution >= 4 is 34.4 Å². The van der Waals surface area contributed by atoms with Gasteiger partial charge in [0.2, 0.25) is 0 Å². The van der Waals surface area contributed by atoms with E-state index in [-0.39, 0.29) is 11.5 Å². The van der Waals surface area contributed by atoms with E-state index in [1.165, 1.54) is 0 Å². The molecule has 9 heteroatoms. The summed E-state index contributed by atoms with van der Waals surface area (Å²) in [6.07, 6.45) is 9.92. The van der Waals surface area contributed by atoms with Crippen LogP contribution in [0.5, 0.6) is 0 Å². The normalized spacial score (nSPS) is 16.2. The molecule has 2 aliphatic rings. The Labute approximate surface area is 260 Å². The first kappa shape index (κ1) is 28.3. The van der Waals surface area contributed by atoms with Gasteiger partial charge in [-0.1, -0.05) is 49.1 Å². The summed E-state index contributed by atoms with van der Waals surface area (Å²) in [5.74, 6) is 7.10. The number of nitrogens with zero attached hydrogens (tertiary/aromatic N) is 5. The first-order chi connectivity index (χ1) is 21.9. The fourth-order valence-electron chi connectivity index (χ4n) is 6.51. The van der Waals surface area contributed by atoms with Crippen molar-refractivity contribution < 1.29 is 4.79 Å². The molecule has 0 bridgehead atoms. The number of aryl methyl sites for hydroxylation is 2. The zero-order chi connectivity index (χ0) is 31.1. The third-order valence-electron chi connectivity index (χ3n) is 8.59. The third kappa shape index (κ3) is 4.98. The van der Waals surface area contributed by atoms with Crippen LogP contribution in [0, 0.1) is 17.8 Å². The minimum absolute atomic E-state index is 0.158. The topological polar surface area (TPSA) is 106 Å². The maximum absolute atomic E-state index is 14.7. The number of carbonyl (C=O) groups is 1. The van der Waals surface area contributed by atoms with E-state index >= 15 is 0 Å². The summed E-state index contributed by atoms with van der Waals surface area (Å²) in [6, 6.07) is 14.9. The predicted octanol–water partition coefficient (Wildman–Crippen LogP) is 5.05. The number of fused-ring (bicyclic) bond motifs is 1. The molecule has 5 aromatic rings. The smallest absolute Gasteiger partial charge is 0.264 e. The Kier molecular flexibility index (Phi) is 7.26. The average molecular weight is 596 g/mol. The van der Waals surface area contributed by atoms with Gasteiger partial charge < -0.3 is 10.6 Å². The standard InChI is InChI=1S/C36H33N7O2/c1-22-16-18-38-21-24(20-22)10-11-26-13-12-25-14-15-28-29(25)30(26)36(45)43(27-8-5-4-6-9-27)32(28)23(2)40-35(44)31-33(37-3)41-42-19-7-17-39-34(31)42/h4-9,12-13,17,19-23H,14-16,18H2,1-3H3,(H,37,41)(H,40,44)/t22?,23-/m0/s1. The van der Waals surface area contributed by atoms with Crippen molar-refractivity contribution in [3.63, 3.8) is 0 Å². The largest absolute Gasteiger partial charge is 0.371 e. The SMILES string of the molecule is CNc1nn2cccnc2c1C(=O)N[C@@H](C)c1c2c3c(ccc(C#CC4=CC(C)CCN=C4)c3c(=O)n1-c1ccccc1)CC2. The maximum Gasteiger partial charge on any atom is 0.264 e. The molecule has 1 unspecified atom stereocenters. The van der Waals surface area contributed by atoms with E-state index in [2.05, 4.69) is 56.6 Å². The molecule has 0 spiro atoms. The third-order valence-corrected chi connectivity index (χ3v) is 8.59. The number of allylic oxidation sites excluding steroid dienone is 2. The summed E-state index contributed by atoms with van der Waals surface area (Å²) in [6.45, 7) is 4.88. The van der Waals surface area contributed by atoms with E-state index in [9.17, 15) is 9.59 Å².